The van der Waals surface area contributed by atoms with Crippen molar-refractivity contribution in [3.63, 3.8) is 0 Å². The van der Waals surface area contributed by atoms with E-state index in [9.17, 15) is 4.39 Å². The fourth-order valence-corrected chi connectivity index (χ4v) is 3.15. The van der Waals surface area contributed by atoms with Crippen LogP contribution in [0.3, 0.4) is 0 Å². The Morgan fingerprint density at radius 3 is 2.57 bits per heavy atom. The van der Waals surface area contributed by atoms with Crippen LogP contribution in [-0.4, -0.2) is 6.04 Å². The molecule has 0 radical (unpaired) electrons. The van der Waals surface area contributed by atoms with Crippen molar-refractivity contribution in [3.05, 3.63) is 57.8 Å². The van der Waals surface area contributed by atoms with E-state index in [0.29, 0.717) is 28.2 Å². The van der Waals surface area contributed by atoms with Crippen LogP contribution in [-0.2, 0) is 6.54 Å². The summed E-state index contributed by atoms with van der Waals surface area (Å²) >= 11 is 13.4. The average molecular weight is 344 g/mol. The third kappa shape index (κ3) is 4.62. The highest BCUT2D eigenvalue weighted by atomic mass is 35.5. The SMILES string of the molecule is CC(C)NCc1c(F)cccc1Sc1ccc(Cl)c(Cl)c1. The van der Waals surface area contributed by atoms with E-state index in [4.69, 9.17) is 23.2 Å². The first-order valence-electron chi connectivity index (χ1n) is 6.61. The fourth-order valence-electron chi connectivity index (χ4n) is 1.78. The molecule has 21 heavy (non-hydrogen) atoms. The van der Waals surface area contributed by atoms with Gasteiger partial charge in [0.25, 0.3) is 0 Å². The predicted molar refractivity (Wildman–Crippen MR) is 89.0 cm³/mol. The van der Waals surface area contributed by atoms with Gasteiger partial charge in [-0.1, -0.05) is 54.9 Å². The summed E-state index contributed by atoms with van der Waals surface area (Å²) in [6, 6.07) is 10.8. The van der Waals surface area contributed by atoms with Crippen LogP contribution < -0.4 is 5.32 Å². The molecule has 1 nitrogen and oxygen atoms in total. The van der Waals surface area contributed by atoms with Crippen molar-refractivity contribution >= 4 is 35.0 Å². The number of nitrogens with one attached hydrogen (secondary N) is 1. The van der Waals surface area contributed by atoms with Crippen LogP contribution in [0.25, 0.3) is 0 Å². The molecule has 0 spiro atoms. The van der Waals surface area contributed by atoms with Crippen LogP contribution >= 0.6 is 35.0 Å². The second-order valence-corrected chi connectivity index (χ2v) is 6.86. The first kappa shape index (κ1) is 16.6. The van der Waals surface area contributed by atoms with Crippen LogP contribution in [0.1, 0.15) is 19.4 Å². The summed E-state index contributed by atoms with van der Waals surface area (Å²) in [5.74, 6) is -0.201. The van der Waals surface area contributed by atoms with Gasteiger partial charge in [-0.15, -0.1) is 0 Å². The van der Waals surface area contributed by atoms with E-state index >= 15 is 0 Å². The summed E-state index contributed by atoms with van der Waals surface area (Å²) in [5.41, 5.74) is 0.669. The van der Waals surface area contributed by atoms with Gasteiger partial charge in [0.1, 0.15) is 5.82 Å². The molecule has 0 saturated heterocycles. The second kappa shape index (κ2) is 7.50. The monoisotopic (exact) mass is 343 g/mol. The van der Waals surface area contributed by atoms with E-state index in [-0.39, 0.29) is 5.82 Å². The van der Waals surface area contributed by atoms with Gasteiger partial charge in [0.2, 0.25) is 0 Å². The Bertz CT molecular complexity index is 632. The lowest BCUT2D eigenvalue weighted by Crippen LogP contribution is -2.22. The quantitative estimate of drug-likeness (QED) is 0.738. The van der Waals surface area contributed by atoms with Crippen LogP contribution in [0, 0.1) is 5.82 Å². The predicted octanol–water partition coefficient (Wildman–Crippen LogP) is 5.78. The molecule has 0 amide bonds. The Hall–Kier alpha value is -0.740. The molecule has 0 unspecified atom stereocenters. The maximum Gasteiger partial charge on any atom is 0.128 e. The molecule has 0 aromatic heterocycles. The Kier molecular flexibility index (Phi) is 5.94. The zero-order chi connectivity index (χ0) is 15.4. The fraction of sp³-hybridized carbons (Fsp3) is 0.250. The van der Waals surface area contributed by atoms with E-state index in [1.165, 1.54) is 17.8 Å². The Balaban J connectivity index is 2.26. The van der Waals surface area contributed by atoms with Crippen LogP contribution in [0.4, 0.5) is 4.39 Å². The van der Waals surface area contributed by atoms with Crippen molar-refractivity contribution in [3.8, 4) is 0 Å². The molecular formula is C16H16Cl2FNS. The molecule has 0 bridgehead atoms. The average Bonchev–Trinajstić information content (AvgIpc) is 2.42. The van der Waals surface area contributed by atoms with Crippen molar-refractivity contribution in [1.82, 2.24) is 5.32 Å². The summed E-state index contributed by atoms with van der Waals surface area (Å²) < 4.78 is 14.0. The Morgan fingerprint density at radius 1 is 1.14 bits per heavy atom. The molecule has 0 atom stereocenters. The number of benzene rings is 2. The van der Waals surface area contributed by atoms with Gasteiger partial charge in [0.05, 0.1) is 10.0 Å². The first-order valence-corrected chi connectivity index (χ1v) is 8.18. The van der Waals surface area contributed by atoms with E-state index in [1.54, 1.807) is 18.2 Å². The highest BCUT2D eigenvalue weighted by molar-refractivity contribution is 7.99. The van der Waals surface area contributed by atoms with Gasteiger partial charge < -0.3 is 5.32 Å². The first-order chi connectivity index (χ1) is 9.97. The number of rotatable bonds is 5. The van der Waals surface area contributed by atoms with Crippen LogP contribution in [0.5, 0.6) is 0 Å². The number of hydrogen-bond acceptors (Lipinski definition) is 2. The smallest absolute Gasteiger partial charge is 0.128 e. The molecule has 0 saturated carbocycles. The third-order valence-electron chi connectivity index (χ3n) is 2.88. The zero-order valence-corrected chi connectivity index (χ0v) is 14.1. The van der Waals surface area contributed by atoms with Crippen molar-refractivity contribution in [1.29, 1.82) is 0 Å². The molecule has 0 aliphatic carbocycles. The highest BCUT2D eigenvalue weighted by Crippen LogP contribution is 2.35. The Labute approximate surface area is 138 Å². The van der Waals surface area contributed by atoms with E-state index < -0.39 is 0 Å². The summed E-state index contributed by atoms with van der Waals surface area (Å²) in [7, 11) is 0. The molecule has 2 rings (SSSR count). The van der Waals surface area contributed by atoms with E-state index in [2.05, 4.69) is 5.32 Å². The van der Waals surface area contributed by atoms with Crippen molar-refractivity contribution in [2.24, 2.45) is 0 Å². The minimum atomic E-state index is -0.201. The van der Waals surface area contributed by atoms with Crippen LogP contribution in [0.15, 0.2) is 46.2 Å². The molecule has 5 heteroatoms. The molecule has 112 valence electrons. The van der Waals surface area contributed by atoms with Gasteiger partial charge in [0.15, 0.2) is 0 Å². The molecule has 2 aromatic rings. The summed E-state index contributed by atoms with van der Waals surface area (Å²) in [4.78, 5) is 1.81. The highest BCUT2D eigenvalue weighted by Gasteiger charge is 2.11. The van der Waals surface area contributed by atoms with Crippen molar-refractivity contribution < 1.29 is 4.39 Å². The van der Waals surface area contributed by atoms with Gasteiger partial charge in [-0.3, -0.25) is 0 Å². The third-order valence-corrected chi connectivity index (χ3v) is 4.71. The molecule has 0 aliphatic rings. The van der Waals surface area contributed by atoms with E-state index in [1.807, 2.05) is 26.0 Å². The summed E-state index contributed by atoms with van der Waals surface area (Å²) in [6.45, 7) is 4.56. The number of halogens is 3. The molecule has 2 aromatic carbocycles. The number of hydrogen-bond donors (Lipinski definition) is 1. The zero-order valence-electron chi connectivity index (χ0n) is 11.8. The van der Waals surface area contributed by atoms with Gasteiger partial charge in [-0.2, -0.15) is 0 Å². The van der Waals surface area contributed by atoms with Gasteiger partial charge in [-0.25, -0.2) is 4.39 Å². The largest absolute Gasteiger partial charge is 0.310 e. The standard InChI is InChI=1S/C16H16Cl2FNS/c1-10(2)20-9-12-15(19)4-3-5-16(12)21-11-6-7-13(17)14(18)8-11/h3-8,10,20H,9H2,1-2H3. The van der Waals surface area contributed by atoms with Gasteiger partial charge >= 0.3 is 0 Å². The van der Waals surface area contributed by atoms with Crippen molar-refractivity contribution in [2.45, 2.75) is 36.2 Å². The van der Waals surface area contributed by atoms with Crippen LogP contribution in [0.2, 0.25) is 10.0 Å². The lowest BCUT2D eigenvalue weighted by Gasteiger charge is -2.13. The lowest BCUT2D eigenvalue weighted by molar-refractivity contribution is 0.546. The molecule has 0 heterocycles. The van der Waals surface area contributed by atoms with E-state index in [0.717, 1.165) is 9.79 Å². The lowest BCUT2D eigenvalue weighted by atomic mass is 10.2. The molecule has 0 fully saturated rings. The minimum absolute atomic E-state index is 0.201. The maximum absolute atomic E-state index is 14.0. The summed E-state index contributed by atoms with van der Waals surface area (Å²) in [6.07, 6.45) is 0. The van der Waals surface area contributed by atoms with Gasteiger partial charge in [0, 0.05) is 27.9 Å². The topological polar surface area (TPSA) is 12.0 Å². The maximum atomic E-state index is 14.0. The molecular weight excluding hydrogens is 328 g/mol. The summed E-state index contributed by atoms with van der Waals surface area (Å²) in [5, 5.41) is 4.26. The second-order valence-electron chi connectivity index (χ2n) is 4.93. The van der Waals surface area contributed by atoms with Gasteiger partial charge in [-0.05, 0) is 30.3 Å². The van der Waals surface area contributed by atoms with Crippen molar-refractivity contribution in [2.75, 3.05) is 0 Å². The Morgan fingerprint density at radius 2 is 1.90 bits per heavy atom. The molecule has 1 N–H and O–H groups in total. The normalized spacial score (nSPS) is 11.1. The molecule has 0 aliphatic heterocycles. The minimum Gasteiger partial charge on any atom is -0.310 e.